The van der Waals surface area contributed by atoms with Crippen LogP contribution in [0.4, 0.5) is 4.79 Å². The molecule has 0 radical (unpaired) electrons. The summed E-state index contributed by atoms with van der Waals surface area (Å²) in [6.45, 7) is 7.44. The third-order valence-electron chi connectivity index (χ3n) is 3.17. The van der Waals surface area contributed by atoms with Crippen LogP contribution in [0.2, 0.25) is 0 Å². The molecule has 1 aromatic heterocycles. The van der Waals surface area contributed by atoms with Crippen LogP contribution in [-0.4, -0.2) is 34.2 Å². The van der Waals surface area contributed by atoms with Crippen molar-refractivity contribution < 1.29 is 9.21 Å². The van der Waals surface area contributed by atoms with E-state index in [1.165, 1.54) is 0 Å². The van der Waals surface area contributed by atoms with Crippen molar-refractivity contribution in [2.24, 2.45) is 0 Å². The van der Waals surface area contributed by atoms with Crippen LogP contribution in [-0.2, 0) is 6.54 Å². The lowest BCUT2D eigenvalue weighted by atomic mass is 10.1. The van der Waals surface area contributed by atoms with E-state index in [-0.39, 0.29) is 12.6 Å². The zero-order chi connectivity index (χ0) is 15.2. The van der Waals surface area contributed by atoms with Gasteiger partial charge in [-0.2, -0.15) is 0 Å². The van der Waals surface area contributed by atoms with Gasteiger partial charge in [0.15, 0.2) is 0 Å². The molecule has 2 amide bonds. The van der Waals surface area contributed by atoms with E-state index >= 15 is 0 Å². The monoisotopic (exact) mass is 288 g/mol. The first kappa shape index (κ1) is 15.0. The fraction of sp³-hybridized carbons (Fsp3) is 0.400. The number of benzene rings is 1. The number of nitrogens with one attached hydrogen (secondary N) is 1. The average molecular weight is 288 g/mol. The quantitative estimate of drug-likeness (QED) is 0.918. The van der Waals surface area contributed by atoms with Gasteiger partial charge in [0.25, 0.3) is 0 Å². The van der Waals surface area contributed by atoms with E-state index in [2.05, 4.69) is 15.5 Å². The Bertz CT molecular complexity index is 605. The van der Waals surface area contributed by atoms with Gasteiger partial charge in [0.1, 0.15) is 0 Å². The molecule has 0 aliphatic heterocycles. The van der Waals surface area contributed by atoms with Gasteiger partial charge < -0.3 is 14.6 Å². The standard InChI is InChI=1S/C15H20N4O2/c1-4-19(5-2)15(20)16-10-13-17-18-14(21-13)12-8-6-7-11(3)9-12/h6-9H,4-5,10H2,1-3H3,(H,16,20). The first-order valence-corrected chi connectivity index (χ1v) is 7.06. The first-order chi connectivity index (χ1) is 10.1. The molecule has 1 N–H and O–H groups in total. The predicted octanol–water partition coefficient (Wildman–Crippen LogP) is 2.60. The van der Waals surface area contributed by atoms with Crippen molar-refractivity contribution in [1.29, 1.82) is 0 Å². The molecule has 1 heterocycles. The molecule has 0 unspecified atom stereocenters. The number of rotatable bonds is 5. The highest BCUT2D eigenvalue weighted by Gasteiger charge is 2.12. The summed E-state index contributed by atoms with van der Waals surface area (Å²) in [6.07, 6.45) is 0. The summed E-state index contributed by atoms with van der Waals surface area (Å²) in [5.74, 6) is 0.859. The van der Waals surface area contributed by atoms with E-state index in [0.29, 0.717) is 24.9 Å². The summed E-state index contributed by atoms with van der Waals surface area (Å²) in [5, 5.41) is 10.7. The lowest BCUT2D eigenvalue weighted by Gasteiger charge is -2.18. The number of aromatic nitrogens is 2. The highest BCUT2D eigenvalue weighted by Crippen LogP contribution is 2.18. The Hall–Kier alpha value is -2.37. The van der Waals surface area contributed by atoms with Gasteiger partial charge in [-0.05, 0) is 32.9 Å². The molecule has 6 heteroatoms. The molecular formula is C15H20N4O2. The Morgan fingerprint density at radius 2 is 2.05 bits per heavy atom. The number of carbonyl (C=O) groups excluding carboxylic acids is 1. The molecule has 0 atom stereocenters. The minimum atomic E-state index is -0.129. The molecule has 0 aliphatic carbocycles. The van der Waals surface area contributed by atoms with Gasteiger partial charge in [0.2, 0.25) is 11.8 Å². The van der Waals surface area contributed by atoms with E-state index in [1.807, 2.05) is 45.0 Å². The predicted molar refractivity (Wildman–Crippen MR) is 79.6 cm³/mol. The van der Waals surface area contributed by atoms with Crippen molar-refractivity contribution >= 4 is 6.03 Å². The molecule has 0 bridgehead atoms. The molecule has 0 fully saturated rings. The minimum absolute atomic E-state index is 0.129. The van der Waals surface area contributed by atoms with Crippen molar-refractivity contribution in [2.75, 3.05) is 13.1 Å². The Morgan fingerprint density at radius 1 is 1.29 bits per heavy atom. The normalized spacial score (nSPS) is 10.4. The molecule has 112 valence electrons. The van der Waals surface area contributed by atoms with Gasteiger partial charge in [-0.1, -0.05) is 17.7 Å². The van der Waals surface area contributed by atoms with Crippen LogP contribution in [0, 0.1) is 6.92 Å². The maximum absolute atomic E-state index is 11.8. The summed E-state index contributed by atoms with van der Waals surface area (Å²) in [5.41, 5.74) is 2.01. The second-order valence-electron chi connectivity index (χ2n) is 4.70. The zero-order valence-electron chi connectivity index (χ0n) is 12.6. The average Bonchev–Trinajstić information content (AvgIpc) is 2.95. The smallest absolute Gasteiger partial charge is 0.317 e. The molecule has 2 aromatic rings. The van der Waals surface area contributed by atoms with Crippen molar-refractivity contribution in [3.8, 4) is 11.5 Å². The number of hydrogen-bond acceptors (Lipinski definition) is 4. The van der Waals surface area contributed by atoms with Crippen LogP contribution in [0.25, 0.3) is 11.5 Å². The van der Waals surface area contributed by atoms with Crippen LogP contribution in [0.1, 0.15) is 25.3 Å². The van der Waals surface area contributed by atoms with E-state index in [0.717, 1.165) is 11.1 Å². The number of hydrogen-bond donors (Lipinski definition) is 1. The molecule has 0 spiro atoms. The molecule has 1 aromatic carbocycles. The van der Waals surface area contributed by atoms with Crippen molar-refractivity contribution in [3.05, 3.63) is 35.7 Å². The Labute approximate surface area is 124 Å². The topological polar surface area (TPSA) is 71.3 Å². The van der Waals surface area contributed by atoms with Crippen LogP contribution >= 0.6 is 0 Å². The summed E-state index contributed by atoms with van der Waals surface area (Å²) in [6, 6.07) is 7.71. The van der Waals surface area contributed by atoms with E-state index in [4.69, 9.17) is 4.42 Å². The summed E-state index contributed by atoms with van der Waals surface area (Å²) < 4.78 is 5.57. The van der Waals surface area contributed by atoms with Gasteiger partial charge >= 0.3 is 6.03 Å². The van der Waals surface area contributed by atoms with Crippen molar-refractivity contribution in [3.63, 3.8) is 0 Å². The minimum Gasteiger partial charge on any atom is -0.419 e. The lowest BCUT2D eigenvalue weighted by molar-refractivity contribution is 0.201. The van der Waals surface area contributed by atoms with Crippen LogP contribution in [0.3, 0.4) is 0 Å². The van der Waals surface area contributed by atoms with Crippen molar-refractivity contribution in [2.45, 2.75) is 27.3 Å². The molecule has 0 saturated carbocycles. The van der Waals surface area contributed by atoms with Gasteiger partial charge in [-0.3, -0.25) is 0 Å². The van der Waals surface area contributed by atoms with Gasteiger partial charge in [-0.25, -0.2) is 4.79 Å². The van der Waals surface area contributed by atoms with E-state index < -0.39 is 0 Å². The summed E-state index contributed by atoms with van der Waals surface area (Å²) >= 11 is 0. The second kappa shape index (κ2) is 6.88. The highest BCUT2D eigenvalue weighted by atomic mass is 16.4. The van der Waals surface area contributed by atoms with Gasteiger partial charge in [0, 0.05) is 18.7 Å². The SMILES string of the molecule is CCN(CC)C(=O)NCc1nnc(-c2cccc(C)c2)o1. The molecule has 0 saturated heterocycles. The van der Waals surface area contributed by atoms with Gasteiger partial charge in [-0.15, -0.1) is 10.2 Å². The number of amides is 2. The second-order valence-corrected chi connectivity index (χ2v) is 4.70. The Kier molecular flexibility index (Phi) is 4.92. The van der Waals surface area contributed by atoms with E-state index in [9.17, 15) is 4.79 Å². The van der Waals surface area contributed by atoms with Crippen molar-refractivity contribution in [1.82, 2.24) is 20.4 Å². The van der Waals surface area contributed by atoms with Gasteiger partial charge in [0.05, 0.1) is 6.54 Å². The maximum atomic E-state index is 11.8. The number of urea groups is 1. The molecule has 6 nitrogen and oxygen atoms in total. The maximum Gasteiger partial charge on any atom is 0.317 e. The number of nitrogens with zero attached hydrogens (tertiary/aromatic N) is 3. The summed E-state index contributed by atoms with van der Waals surface area (Å²) in [4.78, 5) is 13.5. The number of carbonyl (C=O) groups is 1. The molecule has 2 rings (SSSR count). The molecular weight excluding hydrogens is 268 g/mol. The van der Waals surface area contributed by atoms with Crippen LogP contribution in [0.15, 0.2) is 28.7 Å². The zero-order valence-corrected chi connectivity index (χ0v) is 12.6. The summed E-state index contributed by atoms with van der Waals surface area (Å²) in [7, 11) is 0. The third kappa shape index (κ3) is 3.81. The first-order valence-electron chi connectivity index (χ1n) is 7.06. The van der Waals surface area contributed by atoms with Crippen LogP contribution < -0.4 is 5.32 Å². The largest absolute Gasteiger partial charge is 0.419 e. The Morgan fingerprint density at radius 3 is 2.71 bits per heavy atom. The van der Waals surface area contributed by atoms with Crippen LogP contribution in [0.5, 0.6) is 0 Å². The number of aryl methyl sites for hydroxylation is 1. The molecule has 0 aliphatic rings. The fourth-order valence-electron chi connectivity index (χ4n) is 1.99. The highest BCUT2D eigenvalue weighted by molar-refractivity contribution is 5.73. The lowest BCUT2D eigenvalue weighted by Crippen LogP contribution is -2.39. The molecule has 21 heavy (non-hydrogen) atoms. The van der Waals surface area contributed by atoms with E-state index in [1.54, 1.807) is 4.90 Å². The Balaban J connectivity index is 1.99. The fourth-order valence-corrected chi connectivity index (χ4v) is 1.99. The third-order valence-corrected chi connectivity index (χ3v) is 3.17.